The fourth-order valence-corrected chi connectivity index (χ4v) is 18.6. The van der Waals surface area contributed by atoms with Crippen molar-refractivity contribution in [3.05, 3.63) is 41.5 Å². The Morgan fingerprint density at radius 3 is 2.45 bits per heavy atom. The van der Waals surface area contributed by atoms with Crippen LogP contribution in [0.1, 0.15) is 124 Å². The van der Waals surface area contributed by atoms with E-state index in [0.717, 1.165) is 25.0 Å². The third kappa shape index (κ3) is 8.73. The Kier molecular flexibility index (Phi) is 14.5. The summed E-state index contributed by atoms with van der Waals surface area (Å²) in [5, 5.41) is 78.4. The van der Waals surface area contributed by atoms with Gasteiger partial charge in [-0.3, -0.25) is 9.79 Å². The molecule has 8 rings (SSSR count). The van der Waals surface area contributed by atoms with Gasteiger partial charge in [-0.15, -0.1) is 0 Å². The number of carbonyl (C=O) groups is 1. The molecule has 0 radical (unpaired) electrons. The quantitative estimate of drug-likeness (QED) is 0.0553. The van der Waals surface area contributed by atoms with Gasteiger partial charge in [0.15, 0.2) is 11.7 Å². The summed E-state index contributed by atoms with van der Waals surface area (Å²) in [6.07, 6.45) is 15.8. The second-order valence-corrected chi connectivity index (χ2v) is 25.4. The zero-order valence-electron chi connectivity index (χ0n) is 39.8. The van der Waals surface area contributed by atoms with Crippen molar-refractivity contribution in [3.8, 4) is 0 Å². The number of allylic oxidation sites excluding steroid dienone is 2. The van der Waals surface area contributed by atoms with E-state index in [4.69, 9.17) is 10.7 Å². The van der Waals surface area contributed by atoms with Gasteiger partial charge in [0.2, 0.25) is 0 Å². The number of hydrogen-bond donors (Lipinski definition) is 9. The zero-order chi connectivity index (χ0) is 46.7. The molecule has 1 aromatic heterocycles. The Balaban J connectivity index is 1.26. The van der Waals surface area contributed by atoms with Crippen molar-refractivity contribution < 1.29 is 35.4 Å². The van der Waals surface area contributed by atoms with Crippen LogP contribution in [0.5, 0.6) is 0 Å². The summed E-state index contributed by atoms with van der Waals surface area (Å²) in [5.41, 5.74) is 6.30. The molecule has 13 nitrogen and oxygen atoms in total. The molecule has 2 heterocycles. The maximum absolute atomic E-state index is 14.9. The third-order valence-electron chi connectivity index (χ3n) is 18.6. The molecule has 7 aliphatic rings. The Labute approximate surface area is 395 Å². The Morgan fingerprint density at radius 1 is 1.05 bits per heavy atom. The first-order chi connectivity index (χ1) is 30.8. The number of ketones is 1. The lowest BCUT2D eigenvalue weighted by molar-refractivity contribution is -0.192. The van der Waals surface area contributed by atoms with E-state index in [-0.39, 0.29) is 66.4 Å². The van der Waals surface area contributed by atoms with Crippen LogP contribution in [-0.4, -0.2) is 120 Å². The van der Waals surface area contributed by atoms with Gasteiger partial charge >= 0.3 is 0 Å². The van der Waals surface area contributed by atoms with Crippen LogP contribution in [0.3, 0.4) is 0 Å². The van der Waals surface area contributed by atoms with Crippen molar-refractivity contribution in [2.24, 2.45) is 73.8 Å². The van der Waals surface area contributed by atoms with Gasteiger partial charge in [-0.1, -0.05) is 73.3 Å². The number of guanidine groups is 1. The molecule has 6 fully saturated rings. The number of hydrogen-bond acceptors (Lipinski definition) is 12. The maximum Gasteiger partial charge on any atom is 0.190 e. The lowest BCUT2D eigenvalue weighted by Gasteiger charge is -2.64. The maximum atomic E-state index is 14.9. The molecular formula is C50H80N6O7S2. The van der Waals surface area contributed by atoms with Crippen molar-refractivity contribution >= 4 is 33.3 Å². The first kappa shape index (κ1) is 49.5. The molecule has 10 N–H and O–H groups in total. The fourth-order valence-electron chi connectivity index (χ4n) is 15.9. The average Bonchev–Trinajstić information content (AvgIpc) is 4.01. The summed E-state index contributed by atoms with van der Waals surface area (Å²) in [6, 6.07) is 0.142. The highest BCUT2D eigenvalue weighted by molar-refractivity contribution is 8.76. The van der Waals surface area contributed by atoms with Crippen LogP contribution in [0, 0.1) is 63.1 Å². The minimum atomic E-state index is -1.63. The summed E-state index contributed by atoms with van der Waals surface area (Å²) >= 11 is 0. The molecule has 1 aliphatic heterocycles. The second-order valence-electron chi connectivity index (χ2n) is 22.8. The van der Waals surface area contributed by atoms with Gasteiger partial charge in [0, 0.05) is 66.2 Å². The van der Waals surface area contributed by atoms with Crippen LogP contribution < -0.4 is 16.4 Å². The first-order valence-corrected chi connectivity index (χ1v) is 27.3. The van der Waals surface area contributed by atoms with Crippen LogP contribution in [0.4, 0.5) is 0 Å². The van der Waals surface area contributed by atoms with Crippen molar-refractivity contribution in [2.75, 3.05) is 38.2 Å². The van der Waals surface area contributed by atoms with E-state index in [1.807, 2.05) is 30.2 Å². The number of aliphatic hydroxyl groups excluding tert-OH is 5. The van der Waals surface area contributed by atoms with E-state index in [1.54, 1.807) is 30.8 Å². The van der Waals surface area contributed by atoms with Crippen LogP contribution in [0.25, 0.3) is 0 Å². The van der Waals surface area contributed by atoms with Gasteiger partial charge in [-0.2, -0.15) is 0 Å². The normalized spacial score (nSPS) is 43.8. The number of aliphatic imine (C=N–C) groups is 1. The summed E-state index contributed by atoms with van der Waals surface area (Å²) in [7, 11) is 5.33. The molecule has 15 heteroatoms. The van der Waals surface area contributed by atoms with Gasteiger partial charge in [0.05, 0.1) is 36.8 Å². The molecule has 15 unspecified atom stereocenters. The Morgan fingerprint density at radius 2 is 1.77 bits per heavy atom. The van der Waals surface area contributed by atoms with E-state index in [2.05, 4.69) is 47.2 Å². The zero-order valence-corrected chi connectivity index (χ0v) is 41.4. The number of nitrogens with zero attached hydrogens (tertiary/aromatic N) is 3. The smallest absolute Gasteiger partial charge is 0.190 e. The summed E-state index contributed by atoms with van der Waals surface area (Å²) in [6.45, 7) is 10.6. The molecule has 65 heavy (non-hydrogen) atoms. The fraction of sp³-hybridized carbons (Fsp3) is 0.820. The molecular weight excluding hydrogens is 861 g/mol. The van der Waals surface area contributed by atoms with Gasteiger partial charge in [0.1, 0.15) is 6.23 Å². The lowest BCUT2D eigenvalue weighted by Crippen LogP contribution is -2.68. The number of nitrogens with two attached hydrogens (primary N) is 1. The minimum absolute atomic E-state index is 0.0630. The number of aliphatic hydroxyl groups is 6. The van der Waals surface area contributed by atoms with Gasteiger partial charge in [0.25, 0.3) is 0 Å². The highest BCUT2D eigenvalue weighted by Gasteiger charge is 2.74. The molecule has 364 valence electrons. The second kappa shape index (κ2) is 19.1. The van der Waals surface area contributed by atoms with Gasteiger partial charge in [-0.25, -0.2) is 4.98 Å². The van der Waals surface area contributed by atoms with Crippen LogP contribution in [0.2, 0.25) is 0 Å². The van der Waals surface area contributed by atoms with Crippen molar-refractivity contribution in [2.45, 2.75) is 154 Å². The predicted molar refractivity (Wildman–Crippen MR) is 258 cm³/mol. The van der Waals surface area contributed by atoms with E-state index >= 15 is 0 Å². The van der Waals surface area contributed by atoms with Gasteiger partial charge < -0.3 is 51.6 Å². The lowest BCUT2D eigenvalue weighted by atomic mass is 9.41. The Hall–Kier alpha value is -1.95. The number of rotatable bonds is 7. The van der Waals surface area contributed by atoms with Crippen LogP contribution in [0.15, 0.2) is 46.5 Å². The first-order valence-electron chi connectivity index (χ1n) is 24.8. The van der Waals surface area contributed by atoms with Gasteiger partial charge in [-0.05, 0) is 136 Å². The van der Waals surface area contributed by atoms with E-state index in [1.165, 1.54) is 49.7 Å². The molecule has 1 aromatic rings. The number of aromatic nitrogens is 2. The standard InChI is InChI=1S/C50H80N6O7S2/c1-29-36-16-33(25-64-65-26-34(56-15-14-53-28-56)21-46(3,4)37(17-39(29)59)31-10-9-13-48(19-31)11-7-8-12-48)50(63)38-18-40(60)43-35(24-52-6)44(62)41(61)22-47(43,5)42(38)32(20-49(36,50)27-57)23-54-45(51)55-30(2)58/h14-15,18,28-30,32-36,39,41-44,52,57-59,61-63H,7-13,16-17,19-27H2,1-6H3,(H3,51,54,55). The molecule has 6 aliphatic carbocycles. The Bertz CT molecular complexity index is 1960. The minimum Gasteiger partial charge on any atom is -0.396 e. The summed E-state index contributed by atoms with van der Waals surface area (Å²) in [5.74, 6) is -1.77. The highest BCUT2D eigenvalue weighted by Crippen LogP contribution is 2.72. The predicted octanol–water partition coefficient (Wildman–Crippen LogP) is 5.37. The van der Waals surface area contributed by atoms with E-state index in [0.29, 0.717) is 42.5 Å². The van der Waals surface area contributed by atoms with Crippen LogP contribution in [-0.2, 0) is 4.79 Å². The number of nitrogens with one attached hydrogen (secondary N) is 2. The molecule has 1 spiro atoms. The van der Waals surface area contributed by atoms with Crippen molar-refractivity contribution in [1.29, 1.82) is 0 Å². The topological polar surface area (TPSA) is 219 Å². The SMILES string of the molecule is CNCC1C(O)C(O)CC2(C)C3C(=CC(=O)C12)C1(O)C2CSSCC(n4ccnc4)CC(C)(C)C(=C4CCCC5(CCCC5)C4)CC(O)C(C)C(C2)C1(CO)CC3CN=C(N)NC(C)O. The molecule has 15 atom stereocenters. The summed E-state index contributed by atoms with van der Waals surface area (Å²) < 4.78 is 2.24. The van der Waals surface area contributed by atoms with Crippen molar-refractivity contribution in [3.63, 3.8) is 0 Å². The summed E-state index contributed by atoms with van der Waals surface area (Å²) in [4.78, 5) is 24.2. The van der Waals surface area contributed by atoms with Crippen LogP contribution >= 0.6 is 21.6 Å². The largest absolute Gasteiger partial charge is 0.396 e. The van der Waals surface area contributed by atoms with Crippen molar-refractivity contribution in [1.82, 2.24) is 20.2 Å². The number of carbonyl (C=O) groups excluding carboxylic acids is 1. The highest BCUT2D eigenvalue weighted by atomic mass is 33.1. The monoisotopic (exact) mass is 941 g/mol. The number of fused-ring (bicyclic) bond motifs is 9. The van der Waals surface area contributed by atoms with E-state index in [9.17, 15) is 35.4 Å². The molecule has 0 amide bonds. The molecule has 2 bridgehead atoms. The third-order valence-corrected chi connectivity index (χ3v) is 21.2. The number of imidazole rings is 1. The molecule has 0 aromatic carbocycles. The average molecular weight is 941 g/mol. The van der Waals surface area contributed by atoms with E-state index < -0.39 is 58.7 Å². The molecule has 1 saturated heterocycles. The molecule has 5 saturated carbocycles.